The second kappa shape index (κ2) is 7.55. The minimum Gasteiger partial charge on any atom is -0.493 e. The van der Waals surface area contributed by atoms with E-state index in [9.17, 15) is 0 Å². The molecule has 0 aliphatic carbocycles. The molecule has 1 atom stereocenters. The predicted molar refractivity (Wildman–Crippen MR) is 89.7 cm³/mol. The molecule has 0 aliphatic heterocycles. The minimum absolute atomic E-state index is 0.0142. The predicted octanol–water partition coefficient (Wildman–Crippen LogP) is 4.38. The van der Waals surface area contributed by atoms with Crippen LogP contribution in [0.1, 0.15) is 31.9 Å². The van der Waals surface area contributed by atoms with Crippen LogP contribution in [-0.2, 0) is 0 Å². The summed E-state index contributed by atoms with van der Waals surface area (Å²) in [6.45, 7) is 4.94. The molecule has 0 aliphatic rings. The van der Waals surface area contributed by atoms with Crippen molar-refractivity contribution in [2.75, 3.05) is 18.1 Å². The van der Waals surface area contributed by atoms with E-state index in [0.717, 1.165) is 35.5 Å². The van der Waals surface area contributed by atoms with Crippen molar-refractivity contribution in [2.45, 2.75) is 26.3 Å². The lowest BCUT2D eigenvalue weighted by Gasteiger charge is -2.16. The van der Waals surface area contributed by atoms with Gasteiger partial charge in [0.15, 0.2) is 0 Å². The fourth-order valence-electron chi connectivity index (χ4n) is 2.26. The van der Waals surface area contributed by atoms with Crippen molar-refractivity contribution in [3.63, 3.8) is 0 Å². The average Bonchev–Trinajstić information content (AvgIpc) is 2.46. The van der Waals surface area contributed by atoms with Gasteiger partial charge in [0.2, 0.25) is 0 Å². The Morgan fingerprint density at radius 3 is 2.75 bits per heavy atom. The topological polar surface area (TPSA) is 35.2 Å². The summed E-state index contributed by atoms with van der Waals surface area (Å²) in [6, 6.07) is 12.5. The summed E-state index contributed by atoms with van der Waals surface area (Å²) in [5.41, 5.74) is 7.16. The molecule has 0 radical (unpaired) electrons. The molecule has 0 bridgehead atoms. The van der Waals surface area contributed by atoms with Gasteiger partial charge in [0.25, 0.3) is 0 Å². The number of nitrogens with two attached hydrogens (primary N) is 1. The Morgan fingerprint density at radius 2 is 2.00 bits per heavy atom. The first-order valence-electron chi connectivity index (χ1n) is 7.21. The van der Waals surface area contributed by atoms with Crippen molar-refractivity contribution in [1.29, 1.82) is 0 Å². The second-order valence-corrected chi connectivity index (χ2v) is 6.29. The summed E-state index contributed by atoms with van der Waals surface area (Å²) in [7, 11) is 0. The second-order valence-electron chi connectivity index (χ2n) is 4.89. The van der Waals surface area contributed by atoms with E-state index in [0.29, 0.717) is 0 Å². The molecule has 2 aromatic carbocycles. The van der Waals surface area contributed by atoms with E-state index in [1.807, 2.05) is 24.8 Å². The standard InChI is InChI=1S/C17H23NOS/c1-3-20-12-6-11-19-17-15(13(2)18)10-9-14-7-4-5-8-16(14)17/h4-5,7-10,13H,3,6,11-12,18H2,1-2H3. The summed E-state index contributed by atoms with van der Waals surface area (Å²) in [5, 5.41) is 2.36. The van der Waals surface area contributed by atoms with Gasteiger partial charge < -0.3 is 10.5 Å². The van der Waals surface area contributed by atoms with Crippen LogP contribution in [0.2, 0.25) is 0 Å². The highest BCUT2D eigenvalue weighted by Crippen LogP contribution is 2.33. The van der Waals surface area contributed by atoms with E-state index in [1.54, 1.807) is 0 Å². The van der Waals surface area contributed by atoms with Gasteiger partial charge in [0.1, 0.15) is 5.75 Å². The van der Waals surface area contributed by atoms with Crippen LogP contribution in [0.15, 0.2) is 36.4 Å². The fourth-order valence-corrected chi connectivity index (χ4v) is 2.87. The third-order valence-corrected chi connectivity index (χ3v) is 4.27. The Labute approximate surface area is 125 Å². The van der Waals surface area contributed by atoms with E-state index < -0.39 is 0 Å². The third kappa shape index (κ3) is 3.68. The normalized spacial score (nSPS) is 12.6. The summed E-state index contributed by atoms with van der Waals surface area (Å²) in [4.78, 5) is 0. The van der Waals surface area contributed by atoms with Crippen molar-refractivity contribution < 1.29 is 4.74 Å². The molecule has 0 saturated heterocycles. The number of fused-ring (bicyclic) bond motifs is 1. The Balaban J connectivity index is 2.21. The maximum atomic E-state index is 6.07. The molecule has 0 saturated carbocycles. The summed E-state index contributed by atoms with van der Waals surface area (Å²) in [6.07, 6.45) is 1.07. The van der Waals surface area contributed by atoms with Crippen molar-refractivity contribution in [3.8, 4) is 5.75 Å². The number of benzene rings is 2. The summed E-state index contributed by atoms with van der Waals surface area (Å²) >= 11 is 1.95. The van der Waals surface area contributed by atoms with E-state index in [4.69, 9.17) is 10.5 Å². The smallest absolute Gasteiger partial charge is 0.131 e. The quantitative estimate of drug-likeness (QED) is 0.768. The molecule has 0 aromatic heterocycles. The van der Waals surface area contributed by atoms with Gasteiger partial charge in [-0.1, -0.05) is 43.3 Å². The zero-order chi connectivity index (χ0) is 14.4. The first kappa shape index (κ1) is 15.2. The molecular weight excluding hydrogens is 266 g/mol. The van der Waals surface area contributed by atoms with Gasteiger partial charge in [0.05, 0.1) is 6.61 Å². The highest BCUT2D eigenvalue weighted by Gasteiger charge is 2.11. The molecule has 0 heterocycles. The molecular formula is C17H23NOS. The molecule has 0 amide bonds. The Hall–Kier alpha value is -1.19. The fraction of sp³-hybridized carbons (Fsp3) is 0.412. The van der Waals surface area contributed by atoms with Crippen molar-refractivity contribution in [1.82, 2.24) is 0 Å². The zero-order valence-electron chi connectivity index (χ0n) is 12.3. The Bertz CT molecular complexity index is 554. The van der Waals surface area contributed by atoms with Gasteiger partial charge >= 0.3 is 0 Å². The molecule has 2 N–H and O–H groups in total. The molecule has 2 rings (SSSR count). The van der Waals surface area contributed by atoms with Crippen LogP contribution in [0.25, 0.3) is 10.8 Å². The minimum atomic E-state index is -0.0142. The third-order valence-electron chi connectivity index (χ3n) is 3.28. The van der Waals surface area contributed by atoms with E-state index in [-0.39, 0.29) is 6.04 Å². The highest BCUT2D eigenvalue weighted by molar-refractivity contribution is 7.99. The SMILES string of the molecule is CCSCCCOc1c(C(C)N)ccc2ccccc12. The van der Waals surface area contributed by atoms with Gasteiger partial charge in [-0.05, 0) is 30.2 Å². The van der Waals surface area contributed by atoms with Crippen LogP contribution in [0.4, 0.5) is 0 Å². The molecule has 2 nitrogen and oxygen atoms in total. The van der Waals surface area contributed by atoms with Crippen LogP contribution in [-0.4, -0.2) is 18.1 Å². The monoisotopic (exact) mass is 289 g/mol. The van der Waals surface area contributed by atoms with Crippen LogP contribution < -0.4 is 10.5 Å². The van der Waals surface area contributed by atoms with E-state index in [1.165, 1.54) is 11.1 Å². The first-order chi connectivity index (χ1) is 9.74. The van der Waals surface area contributed by atoms with Crippen LogP contribution >= 0.6 is 11.8 Å². The van der Waals surface area contributed by atoms with E-state index in [2.05, 4.69) is 37.3 Å². The number of hydrogen-bond acceptors (Lipinski definition) is 3. The molecule has 2 aromatic rings. The van der Waals surface area contributed by atoms with Crippen LogP contribution in [0.5, 0.6) is 5.75 Å². The number of rotatable bonds is 7. The van der Waals surface area contributed by atoms with Gasteiger partial charge in [-0.2, -0.15) is 11.8 Å². The van der Waals surface area contributed by atoms with Crippen molar-refractivity contribution >= 4 is 22.5 Å². The average molecular weight is 289 g/mol. The van der Waals surface area contributed by atoms with Gasteiger partial charge in [-0.15, -0.1) is 0 Å². The molecule has 0 fully saturated rings. The van der Waals surface area contributed by atoms with Gasteiger partial charge in [0, 0.05) is 17.0 Å². The van der Waals surface area contributed by atoms with Crippen molar-refractivity contribution in [2.24, 2.45) is 5.73 Å². The largest absolute Gasteiger partial charge is 0.493 e. The molecule has 1 unspecified atom stereocenters. The zero-order valence-corrected chi connectivity index (χ0v) is 13.1. The molecule has 108 valence electrons. The number of ether oxygens (including phenoxy) is 1. The van der Waals surface area contributed by atoms with Gasteiger partial charge in [-0.3, -0.25) is 0 Å². The molecule has 0 spiro atoms. The first-order valence-corrected chi connectivity index (χ1v) is 8.37. The number of thioether (sulfide) groups is 1. The lowest BCUT2D eigenvalue weighted by Crippen LogP contribution is -2.09. The Kier molecular flexibility index (Phi) is 5.74. The number of hydrogen-bond donors (Lipinski definition) is 1. The van der Waals surface area contributed by atoms with E-state index >= 15 is 0 Å². The lowest BCUT2D eigenvalue weighted by molar-refractivity contribution is 0.318. The maximum absolute atomic E-state index is 6.07. The summed E-state index contributed by atoms with van der Waals surface area (Å²) in [5.74, 6) is 3.27. The van der Waals surface area contributed by atoms with Crippen molar-refractivity contribution in [3.05, 3.63) is 42.0 Å². The van der Waals surface area contributed by atoms with Crippen LogP contribution in [0.3, 0.4) is 0 Å². The maximum Gasteiger partial charge on any atom is 0.131 e. The molecule has 3 heteroatoms. The van der Waals surface area contributed by atoms with Crippen LogP contribution in [0, 0.1) is 0 Å². The molecule has 20 heavy (non-hydrogen) atoms. The highest BCUT2D eigenvalue weighted by atomic mass is 32.2. The van der Waals surface area contributed by atoms with Gasteiger partial charge in [-0.25, -0.2) is 0 Å². The Morgan fingerprint density at radius 1 is 1.20 bits per heavy atom. The lowest BCUT2D eigenvalue weighted by atomic mass is 10.0. The summed E-state index contributed by atoms with van der Waals surface area (Å²) < 4.78 is 6.06.